The van der Waals surface area contributed by atoms with Crippen molar-refractivity contribution in [3.8, 4) is 5.75 Å². The van der Waals surface area contributed by atoms with Gasteiger partial charge in [-0.05, 0) is 35.6 Å². The Hall–Kier alpha value is -2.33. The Morgan fingerprint density at radius 2 is 1.96 bits per heavy atom. The molecule has 0 radical (unpaired) electrons. The van der Waals surface area contributed by atoms with E-state index in [1.165, 1.54) is 11.8 Å². The van der Waals surface area contributed by atoms with E-state index < -0.39 is 0 Å². The smallest absolute Gasteiger partial charge is 0.277 e. The lowest BCUT2D eigenvalue weighted by molar-refractivity contribution is -0.123. The Labute approximate surface area is 153 Å². The zero-order valence-electron chi connectivity index (χ0n) is 15.0. The van der Waals surface area contributed by atoms with Crippen molar-refractivity contribution in [2.45, 2.75) is 33.1 Å². The summed E-state index contributed by atoms with van der Waals surface area (Å²) in [5.74, 6) is 0.362. The number of aryl methyl sites for hydroxylation is 1. The van der Waals surface area contributed by atoms with Crippen LogP contribution in [0.25, 0.3) is 0 Å². The van der Waals surface area contributed by atoms with Gasteiger partial charge in [-0.1, -0.05) is 62.7 Å². The summed E-state index contributed by atoms with van der Waals surface area (Å²) in [7, 11) is 0. The fourth-order valence-corrected chi connectivity index (χ4v) is 2.39. The molecule has 0 spiro atoms. The van der Waals surface area contributed by atoms with Crippen LogP contribution < -0.4 is 10.2 Å². The number of nitrogens with zero attached hydrogens (tertiary/aromatic N) is 1. The van der Waals surface area contributed by atoms with Crippen LogP contribution >= 0.6 is 11.6 Å². The highest BCUT2D eigenvalue weighted by atomic mass is 35.5. The molecule has 0 atom stereocenters. The van der Waals surface area contributed by atoms with E-state index in [0.29, 0.717) is 10.8 Å². The Bertz CT molecular complexity index is 780. The maximum absolute atomic E-state index is 11.8. The fraction of sp³-hybridized carbons (Fsp3) is 0.300. The molecule has 2 aromatic rings. The van der Waals surface area contributed by atoms with Gasteiger partial charge in [0.2, 0.25) is 0 Å². The number of carbonyl (C=O) groups is 1. The molecular weight excluding hydrogens is 336 g/mol. The molecule has 5 heteroatoms. The lowest BCUT2D eigenvalue weighted by atomic mass is 9.86. The van der Waals surface area contributed by atoms with Crippen molar-refractivity contribution in [1.29, 1.82) is 0 Å². The van der Waals surface area contributed by atoms with Crippen molar-refractivity contribution in [3.63, 3.8) is 0 Å². The summed E-state index contributed by atoms with van der Waals surface area (Å²) < 4.78 is 5.58. The minimum atomic E-state index is -0.331. The van der Waals surface area contributed by atoms with E-state index in [4.69, 9.17) is 16.3 Å². The van der Waals surface area contributed by atoms with E-state index in [9.17, 15) is 4.79 Å². The Balaban J connectivity index is 1.89. The minimum Gasteiger partial charge on any atom is -0.483 e. The lowest BCUT2D eigenvalue weighted by Crippen LogP contribution is -2.24. The molecule has 0 saturated carbocycles. The predicted molar refractivity (Wildman–Crippen MR) is 103 cm³/mol. The third kappa shape index (κ3) is 5.61. The average molecular weight is 359 g/mol. The van der Waals surface area contributed by atoms with Crippen molar-refractivity contribution in [2.24, 2.45) is 5.10 Å². The van der Waals surface area contributed by atoms with Gasteiger partial charge < -0.3 is 4.74 Å². The number of hydrogen-bond acceptors (Lipinski definition) is 3. The summed E-state index contributed by atoms with van der Waals surface area (Å²) in [5, 5.41) is 4.47. The summed E-state index contributed by atoms with van der Waals surface area (Å²) in [6.07, 6.45) is 1.50. The highest BCUT2D eigenvalue weighted by Crippen LogP contribution is 2.27. The van der Waals surface area contributed by atoms with Crippen LogP contribution in [-0.4, -0.2) is 18.7 Å². The molecule has 2 aromatic carbocycles. The van der Waals surface area contributed by atoms with Gasteiger partial charge in [0.15, 0.2) is 6.61 Å². The quantitative estimate of drug-likeness (QED) is 0.633. The first kappa shape index (κ1) is 19.0. The Kier molecular flexibility index (Phi) is 6.21. The Morgan fingerprint density at radius 3 is 2.60 bits per heavy atom. The molecule has 1 N–H and O–H groups in total. The van der Waals surface area contributed by atoms with Crippen LogP contribution in [0.5, 0.6) is 5.75 Å². The number of halogens is 1. The molecule has 0 saturated heterocycles. The number of benzene rings is 2. The minimum absolute atomic E-state index is 0.0775. The second-order valence-corrected chi connectivity index (χ2v) is 7.24. The van der Waals surface area contributed by atoms with Gasteiger partial charge in [-0.2, -0.15) is 5.10 Å². The van der Waals surface area contributed by atoms with Crippen LogP contribution in [0.3, 0.4) is 0 Å². The molecular formula is C20H23ClN2O2. The molecule has 0 unspecified atom stereocenters. The molecule has 0 aliphatic rings. The van der Waals surface area contributed by atoms with Crippen LogP contribution in [0.2, 0.25) is 5.02 Å². The van der Waals surface area contributed by atoms with Gasteiger partial charge in [0.05, 0.1) is 6.21 Å². The van der Waals surface area contributed by atoms with Crippen LogP contribution in [0, 0.1) is 6.92 Å². The first-order chi connectivity index (χ1) is 11.8. The van der Waals surface area contributed by atoms with Gasteiger partial charge in [-0.3, -0.25) is 4.79 Å². The van der Waals surface area contributed by atoms with Gasteiger partial charge in [0.25, 0.3) is 5.91 Å². The number of rotatable bonds is 5. The molecule has 4 nitrogen and oxygen atoms in total. The van der Waals surface area contributed by atoms with Gasteiger partial charge in [-0.15, -0.1) is 0 Å². The molecule has 1 amide bonds. The normalized spacial score (nSPS) is 11.6. The van der Waals surface area contributed by atoms with E-state index in [2.05, 4.69) is 37.4 Å². The SMILES string of the molecule is Cc1cc(C(C)(C)C)ccc1OCC(=O)N/N=C/c1ccccc1Cl. The van der Waals surface area contributed by atoms with Gasteiger partial charge in [0, 0.05) is 10.6 Å². The van der Waals surface area contributed by atoms with E-state index in [1.54, 1.807) is 6.07 Å². The third-order valence-electron chi connectivity index (χ3n) is 3.70. The first-order valence-corrected chi connectivity index (χ1v) is 8.45. The van der Waals surface area contributed by atoms with Crippen molar-refractivity contribution in [2.75, 3.05) is 6.61 Å². The van der Waals surface area contributed by atoms with Crippen LogP contribution in [-0.2, 0) is 10.2 Å². The highest BCUT2D eigenvalue weighted by Gasteiger charge is 2.15. The summed E-state index contributed by atoms with van der Waals surface area (Å²) in [5.41, 5.74) is 5.47. The number of hydrazone groups is 1. The van der Waals surface area contributed by atoms with E-state index in [-0.39, 0.29) is 17.9 Å². The Morgan fingerprint density at radius 1 is 1.24 bits per heavy atom. The summed E-state index contributed by atoms with van der Waals surface area (Å²) in [6, 6.07) is 13.3. The second kappa shape index (κ2) is 8.17. The number of nitrogens with one attached hydrogen (secondary N) is 1. The van der Waals surface area contributed by atoms with E-state index in [0.717, 1.165) is 11.1 Å². The van der Waals surface area contributed by atoms with E-state index >= 15 is 0 Å². The zero-order chi connectivity index (χ0) is 18.4. The second-order valence-electron chi connectivity index (χ2n) is 6.83. The van der Waals surface area contributed by atoms with E-state index in [1.807, 2.05) is 37.3 Å². The molecule has 0 aliphatic carbocycles. The number of ether oxygens (including phenoxy) is 1. The van der Waals surface area contributed by atoms with Crippen molar-refractivity contribution in [1.82, 2.24) is 5.43 Å². The largest absolute Gasteiger partial charge is 0.483 e. The molecule has 0 bridgehead atoms. The molecule has 132 valence electrons. The molecule has 2 rings (SSSR count). The maximum atomic E-state index is 11.8. The van der Waals surface area contributed by atoms with Gasteiger partial charge >= 0.3 is 0 Å². The van der Waals surface area contributed by atoms with Crippen LogP contribution in [0.1, 0.15) is 37.5 Å². The fourth-order valence-electron chi connectivity index (χ4n) is 2.21. The maximum Gasteiger partial charge on any atom is 0.277 e. The van der Waals surface area contributed by atoms with Gasteiger partial charge in [-0.25, -0.2) is 5.43 Å². The average Bonchev–Trinajstić information content (AvgIpc) is 2.54. The molecule has 0 aromatic heterocycles. The monoisotopic (exact) mass is 358 g/mol. The molecule has 0 fully saturated rings. The van der Waals surface area contributed by atoms with Crippen molar-refractivity contribution in [3.05, 3.63) is 64.2 Å². The van der Waals surface area contributed by atoms with Crippen LogP contribution in [0.15, 0.2) is 47.6 Å². The number of carbonyl (C=O) groups excluding carboxylic acids is 1. The molecule has 0 aliphatic heterocycles. The molecule has 0 heterocycles. The van der Waals surface area contributed by atoms with Crippen molar-refractivity contribution < 1.29 is 9.53 Å². The standard InChI is InChI=1S/C20H23ClN2O2/c1-14-11-16(20(2,3)4)9-10-18(14)25-13-19(24)23-22-12-15-7-5-6-8-17(15)21/h5-12H,13H2,1-4H3,(H,23,24)/b22-12+. The number of amides is 1. The van der Waals surface area contributed by atoms with Gasteiger partial charge in [0.1, 0.15) is 5.75 Å². The van der Waals surface area contributed by atoms with Crippen molar-refractivity contribution >= 4 is 23.7 Å². The summed E-state index contributed by atoms with van der Waals surface area (Å²) in [4.78, 5) is 11.8. The third-order valence-corrected chi connectivity index (χ3v) is 4.04. The highest BCUT2D eigenvalue weighted by molar-refractivity contribution is 6.33. The zero-order valence-corrected chi connectivity index (χ0v) is 15.7. The van der Waals surface area contributed by atoms with Crippen LogP contribution in [0.4, 0.5) is 0 Å². The topological polar surface area (TPSA) is 50.7 Å². The summed E-state index contributed by atoms with van der Waals surface area (Å²) >= 11 is 6.01. The lowest BCUT2D eigenvalue weighted by Gasteiger charge is -2.20. The molecule has 25 heavy (non-hydrogen) atoms. The first-order valence-electron chi connectivity index (χ1n) is 8.08. The summed E-state index contributed by atoms with van der Waals surface area (Å²) in [6.45, 7) is 8.35. The number of hydrogen-bond donors (Lipinski definition) is 1. The predicted octanol–water partition coefficient (Wildman–Crippen LogP) is 4.48.